The lowest BCUT2D eigenvalue weighted by Crippen LogP contribution is -2.36. The van der Waals surface area contributed by atoms with Crippen LogP contribution in [-0.2, 0) is 4.74 Å². The molecular weight excluding hydrogens is 254 g/mol. The van der Waals surface area contributed by atoms with Crippen LogP contribution in [0.2, 0.25) is 0 Å². The molecule has 0 radical (unpaired) electrons. The highest BCUT2D eigenvalue weighted by molar-refractivity contribution is 6.02. The van der Waals surface area contributed by atoms with Crippen LogP contribution in [0.15, 0.2) is 29.4 Å². The summed E-state index contributed by atoms with van der Waals surface area (Å²) in [5, 5.41) is 13.8. The van der Waals surface area contributed by atoms with Crippen LogP contribution >= 0.6 is 0 Å². The van der Waals surface area contributed by atoms with Crippen molar-refractivity contribution in [2.75, 3.05) is 31.2 Å². The van der Waals surface area contributed by atoms with Crippen molar-refractivity contribution >= 4 is 11.4 Å². The van der Waals surface area contributed by atoms with E-state index in [1.165, 1.54) is 5.69 Å². The fourth-order valence-corrected chi connectivity index (χ4v) is 2.77. The Morgan fingerprint density at radius 1 is 1.25 bits per heavy atom. The zero-order valence-corrected chi connectivity index (χ0v) is 11.7. The van der Waals surface area contributed by atoms with Gasteiger partial charge < -0.3 is 14.7 Å². The third-order valence-electron chi connectivity index (χ3n) is 3.92. The van der Waals surface area contributed by atoms with E-state index in [1.807, 2.05) is 0 Å². The number of hydrazone groups is 1. The zero-order valence-electron chi connectivity index (χ0n) is 11.7. The van der Waals surface area contributed by atoms with Gasteiger partial charge in [-0.15, -0.1) is 0 Å². The van der Waals surface area contributed by atoms with Crippen LogP contribution < -0.4 is 10.3 Å². The monoisotopic (exact) mass is 275 g/mol. The Bertz CT molecular complexity index is 480. The maximum absolute atomic E-state index is 9.52. The predicted molar refractivity (Wildman–Crippen MR) is 78.9 cm³/mol. The second kappa shape index (κ2) is 5.81. The van der Waals surface area contributed by atoms with Gasteiger partial charge in [-0.2, -0.15) is 5.10 Å². The molecule has 0 aliphatic carbocycles. The normalized spacial score (nSPS) is 26.9. The van der Waals surface area contributed by atoms with Gasteiger partial charge in [0.1, 0.15) is 6.23 Å². The van der Waals surface area contributed by atoms with Gasteiger partial charge >= 0.3 is 0 Å². The van der Waals surface area contributed by atoms with Crippen molar-refractivity contribution < 1.29 is 9.84 Å². The minimum atomic E-state index is -0.527. The Balaban J connectivity index is 1.75. The van der Waals surface area contributed by atoms with E-state index in [4.69, 9.17) is 4.74 Å². The van der Waals surface area contributed by atoms with E-state index in [0.29, 0.717) is 6.42 Å². The van der Waals surface area contributed by atoms with Gasteiger partial charge in [-0.1, -0.05) is 19.1 Å². The molecule has 1 aromatic carbocycles. The highest BCUT2D eigenvalue weighted by atomic mass is 16.5. The number of aliphatic hydroxyl groups is 1. The van der Waals surface area contributed by atoms with Gasteiger partial charge in [0.15, 0.2) is 0 Å². The Kier molecular flexibility index (Phi) is 3.89. The van der Waals surface area contributed by atoms with Crippen LogP contribution in [-0.4, -0.2) is 43.3 Å². The van der Waals surface area contributed by atoms with Gasteiger partial charge in [0, 0.05) is 31.1 Å². The molecule has 1 fully saturated rings. The van der Waals surface area contributed by atoms with E-state index in [0.717, 1.165) is 37.6 Å². The summed E-state index contributed by atoms with van der Waals surface area (Å²) in [4.78, 5) is 2.33. The molecule has 0 spiro atoms. The minimum Gasteiger partial charge on any atom is -0.378 e. The summed E-state index contributed by atoms with van der Waals surface area (Å²) < 4.78 is 5.37. The number of anilines is 1. The van der Waals surface area contributed by atoms with E-state index in [2.05, 4.69) is 46.6 Å². The third-order valence-corrected chi connectivity index (χ3v) is 3.92. The first-order valence-corrected chi connectivity index (χ1v) is 7.18. The molecule has 0 bridgehead atoms. The van der Waals surface area contributed by atoms with Crippen LogP contribution in [0, 0.1) is 5.92 Å². The smallest absolute Gasteiger partial charge is 0.140 e. The predicted octanol–water partition coefficient (Wildman–Crippen LogP) is 1.18. The molecule has 2 N–H and O–H groups in total. The van der Waals surface area contributed by atoms with Crippen LogP contribution in [0.1, 0.15) is 18.9 Å². The van der Waals surface area contributed by atoms with Crippen molar-refractivity contribution in [3.8, 4) is 0 Å². The molecule has 1 unspecified atom stereocenters. The average Bonchev–Trinajstić information content (AvgIpc) is 2.48. The molecule has 2 heterocycles. The first-order valence-electron chi connectivity index (χ1n) is 7.18. The van der Waals surface area contributed by atoms with E-state index in [9.17, 15) is 5.11 Å². The molecule has 5 heteroatoms. The van der Waals surface area contributed by atoms with Gasteiger partial charge in [-0.05, 0) is 17.7 Å². The molecule has 2 atom stereocenters. The van der Waals surface area contributed by atoms with E-state index in [1.54, 1.807) is 0 Å². The summed E-state index contributed by atoms with van der Waals surface area (Å²) in [6.45, 7) is 5.59. The first kappa shape index (κ1) is 13.4. The molecule has 3 rings (SSSR count). The zero-order chi connectivity index (χ0) is 13.9. The first-order chi connectivity index (χ1) is 9.74. The van der Waals surface area contributed by atoms with Gasteiger partial charge in [-0.3, -0.25) is 5.43 Å². The number of ether oxygens (including phenoxy) is 1. The Labute approximate surface area is 119 Å². The number of benzene rings is 1. The van der Waals surface area contributed by atoms with Crippen LogP contribution in [0.25, 0.3) is 0 Å². The Morgan fingerprint density at radius 3 is 2.60 bits per heavy atom. The summed E-state index contributed by atoms with van der Waals surface area (Å²) in [6.07, 6.45) is 0.172. The van der Waals surface area contributed by atoms with E-state index in [-0.39, 0.29) is 5.92 Å². The van der Waals surface area contributed by atoms with Crippen molar-refractivity contribution in [1.29, 1.82) is 0 Å². The van der Waals surface area contributed by atoms with Gasteiger partial charge in [0.25, 0.3) is 0 Å². The number of hydrogen-bond acceptors (Lipinski definition) is 5. The lowest BCUT2D eigenvalue weighted by Gasteiger charge is -2.29. The summed E-state index contributed by atoms with van der Waals surface area (Å²) in [5.74, 6) is 0.264. The molecule has 20 heavy (non-hydrogen) atoms. The number of aliphatic hydroxyl groups excluding tert-OH is 1. The van der Waals surface area contributed by atoms with Crippen LogP contribution in [0.3, 0.4) is 0 Å². The molecule has 2 aliphatic heterocycles. The van der Waals surface area contributed by atoms with Crippen molar-refractivity contribution in [3.05, 3.63) is 29.8 Å². The van der Waals surface area contributed by atoms with Crippen LogP contribution in [0.4, 0.5) is 5.69 Å². The fraction of sp³-hybridized carbons (Fsp3) is 0.533. The molecule has 0 aromatic heterocycles. The maximum Gasteiger partial charge on any atom is 0.140 e. The summed E-state index contributed by atoms with van der Waals surface area (Å²) in [5.41, 5.74) is 6.12. The van der Waals surface area contributed by atoms with Gasteiger partial charge in [0.05, 0.1) is 18.9 Å². The number of rotatable bonds is 2. The lowest BCUT2D eigenvalue weighted by atomic mass is 9.93. The van der Waals surface area contributed by atoms with Crippen molar-refractivity contribution in [1.82, 2.24) is 5.43 Å². The summed E-state index contributed by atoms with van der Waals surface area (Å²) in [7, 11) is 0. The van der Waals surface area contributed by atoms with Gasteiger partial charge in [-0.25, -0.2) is 0 Å². The van der Waals surface area contributed by atoms with Gasteiger partial charge in [0.2, 0.25) is 0 Å². The van der Waals surface area contributed by atoms with Crippen LogP contribution in [0.5, 0.6) is 0 Å². The van der Waals surface area contributed by atoms with Crippen molar-refractivity contribution in [2.24, 2.45) is 11.0 Å². The summed E-state index contributed by atoms with van der Waals surface area (Å²) >= 11 is 0. The molecule has 0 saturated carbocycles. The van der Waals surface area contributed by atoms with Crippen molar-refractivity contribution in [2.45, 2.75) is 19.6 Å². The van der Waals surface area contributed by atoms with E-state index < -0.39 is 6.23 Å². The summed E-state index contributed by atoms with van der Waals surface area (Å²) in [6, 6.07) is 8.50. The molecule has 0 amide bonds. The lowest BCUT2D eigenvalue weighted by molar-refractivity contribution is 0.114. The third kappa shape index (κ3) is 2.78. The SMILES string of the molecule is C[C@@H]1CC(O)NN=C1c1ccc(N2CCOCC2)cc1. The fourth-order valence-electron chi connectivity index (χ4n) is 2.77. The number of hydrogen-bond donors (Lipinski definition) is 2. The molecule has 2 aliphatic rings. The standard InChI is InChI=1S/C15H21N3O2/c1-11-10-14(19)16-17-15(11)12-2-4-13(5-3-12)18-6-8-20-9-7-18/h2-5,11,14,16,19H,6-10H2,1H3/t11-,14?/m1/s1. The minimum absolute atomic E-state index is 0.264. The maximum atomic E-state index is 9.52. The number of morpholine rings is 1. The average molecular weight is 275 g/mol. The topological polar surface area (TPSA) is 57.1 Å². The second-order valence-corrected chi connectivity index (χ2v) is 5.42. The quantitative estimate of drug-likeness (QED) is 0.851. The Hall–Kier alpha value is -1.59. The molecule has 108 valence electrons. The highest BCUT2D eigenvalue weighted by Crippen LogP contribution is 2.21. The highest BCUT2D eigenvalue weighted by Gasteiger charge is 2.22. The number of nitrogens with one attached hydrogen (secondary N) is 1. The second-order valence-electron chi connectivity index (χ2n) is 5.42. The van der Waals surface area contributed by atoms with Crippen molar-refractivity contribution in [3.63, 3.8) is 0 Å². The largest absolute Gasteiger partial charge is 0.378 e. The molecule has 1 saturated heterocycles. The van der Waals surface area contributed by atoms with E-state index >= 15 is 0 Å². The Morgan fingerprint density at radius 2 is 1.95 bits per heavy atom. The molecule has 1 aromatic rings. The molecule has 5 nitrogen and oxygen atoms in total. The number of nitrogens with zero attached hydrogens (tertiary/aromatic N) is 2. The molecular formula is C15H21N3O2.